The van der Waals surface area contributed by atoms with Crippen LogP contribution in [-0.4, -0.2) is 15.5 Å². The van der Waals surface area contributed by atoms with Crippen LogP contribution in [0.2, 0.25) is 0 Å². The first kappa shape index (κ1) is 14.1. The highest BCUT2D eigenvalue weighted by Crippen LogP contribution is 2.12. The van der Waals surface area contributed by atoms with Crippen molar-refractivity contribution in [1.29, 1.82) is 0 Å². The number of amides is 1. The molecule has 2 aromatic heterocycles. The fraction of sp³-hybridized carbons (Fsp3) is 0.176. The molecule has 3 aromatic rings. The van der Waals surface area contributed by atoms with E-state index in [4.69, 9.17) is 4.42 Å². The summed E-state index contributed by atoms with van der Waals surface area (Å²) < 4.78 is 6.96. The second kappa shape index (κ2) is 6.30. The van der Waals surface area contributed by atoms with E-state index >= 15 is 0 Å². The minimum atomic E-state index is -0.138. The van der Waals surface area contributed by atoms with Crippen LogP contribution in [0.3, 0.4) is 0 Å². The van der Waals surface area contributed by atoms with Crippen LogP contribution in [0.25, 0.3) is 5.69 Å². The van der Waals surface area contributed by atoms with E-state index in [-0.39, 0.29) is 5.91 Å². The topological polar surface area (TPSA) is 60.1 Å². The molecular weight excluding hydrogens is 278 g/mol. The van der Waals surface area contributed by atoms with Crippen molar-refractivity contribution in [3.05, 3.63) is 72.2 Å². The molecule has 0 fully saturated rings. The Morgan fingerprint density at radius 2 is 2.09 bits per heavy atom. The zero-order valence-electron chi connectivity index (χ0n) is 12.3. The summed E-state index contributed by atoms with van der Waals surface area (Å²) in [5.41, 5.74) is 2.64. The first-order chi connectivity index (χ1) is 10.8. The van der Waals surface area contributed by atoms with Gasteiger partial charge in [0.1, 0.15) is 12.1 Å². The van der Waals surface area contributed by atoms with Gasteiger partial charge in [0, 0.05) is 31.0 Å². The zero-order valence-corrected chi connectivity index (χ0v) is 12.3. The van der Waals surface area contributed by atoms with Gasteiger partial charge in [-0.1, -0.05) is 19.1 Å². The standard InChI is InChI=1S/C17H17N3O2/c1-2-16-18-8-9-20(16)15-5-3-13(4-6-15)11-19-17(21)14-7-10-22-12-14/h3-10,12H,2,11H2,1H3,(H,19,21). The smallest absolute Gasteiger partial charge is 0.254 e. The summed E-state index contributed by atoms with van der Waals surface area (Å²) in [6, 6.07) is 9.71. The number of aryl methyl sites for hydroxylation is 1. The Kier molecular flexibility index (Phi) is 4.05. The van der Waals surface area contributed by atoms with Crippen LogP contribution in [0.1, 0.15) is 28.7 Å². The number of hydrogen-bond acceptors (Lipinski definition) is 3. The number of nitrogens with zero attached hydrogens (tertiary/aromatic N) is 2. The Morgan fingerprint density at radius 1 is 1.27 bits per heavy atom. The molecule has 0 spiro atoms. The maximum Gasteiger partial charge on any atom is 0.254 e. The molecule has 1 aromatic carbocycles. The fourth-order valence-corrected chi connectivity index (χ4v) is 2.28. The first-order valence-corrected chi connectivity index (χ1v) is 7.20. The Labute approximate surface area is 128 Å². The highest BCUT2D eigenvalue weighted by molar-refractivity contribution is 5.93. The molecule has 2 heterocycles. The Bertz CT molecular complexity index is 743. The fourth-order valence-electron chi connectivity index (χ4n) is 2.28. The van der Waals surface area contributed by atoms with Crippen LogP contribution in [0.4, 0.5) is 0 Å². The molecule has 0 radical (unpaired) electrons. The second-order valence-corrected chi connectivity index (χ2v) is 4.93. The monoisotopic (exact) mass is 295 g/mol. The maximum absolute atomic E-state index is 11.8. The summed E-state index contributed by atoms with van der Waals surface area (Å²) in [6.07, 6.45) is 7.56. The predicted molar refractivity (Wildman–Crippen MR) is 82.8 cm³/mol. The van der Waals surface area contributed by atoms with Crippen molar-refractivity contribution in [2.75, 3.05) is 0 Å². The molecule has 0 aliphatic carbocycles. The van der Waals surface area contributed by atoms with Crippen molar-refractivity contribution in [3.8, 4) is 5.69 Å². The van der Waals surface area contributed by atoms with Crippen molar-refractivity contribution in [2.45, 2.75) is 19.9 Å². The van der Waals surface area contributed by atoms with Gasteiger partial charge in [0.2, 0.25) is 0 Å². The molecule has 22 heavy (non-hydrogen) atoms. The summed E-state index contributed by atoms with van der Waals surface area (Å²) in [6.45, 7) is 2.56. The van der Waals surface area contributed by atoms with Crippen molar-refractivity contribution < 1.29 is 9.21 Å². The van der Waals surface area contributed by atoms with E-state index in [1.807, 2.05) is 30.5 Å². The van der Waals surface area contributed by atoms with E-state index in [1.165, 1.54) is 12.5 Å². The lowest BCUT2D eigenvalue weighted by molar-refractivity contribution is 0.0950. The summed E-state index contributed by atoms with van der Waals surface area (Å²) in [5, 5.41) is 2.86. The summed E-state index contributed by atoms with van der Waals surface area (Å²) >= 11 is 0. The number of carbonyl (C=O) groups excluding carboxylic acids is 1. The van der Waals surface area contributed by atoms with Crippen LogP contribution >= 0.6 is 0 Å². The molecule has 0 bridgehead atoms. The van der Waals surface area contributed by atoms with E-state index in [0.717, 1.165) is 23.5 Å². The summed E-state index contributed by atoms with van der Waals surface area (Å²) in [4.78, 5) is 16.2. The number of imidazole rings is 1. The summed E-state index contributed by atoms with van der Waals surface area (Å²) in [5.74, 6) is 0.890. The largest absolute Gasteiger partial charge is 0.472 e. The number of nitrogens with one attached hydrogen (secondary N) is 1. The van der Waals surface area contributed by atoms with Gasteiger partial charge >= 0.3 is 0 Å². The van der Waals surface area contributed by atoms with Gasteiger partial charge in [-0.2, -0.15) is 0 Å². The SMILES string of the molecule is CCc1nccn1-c1ccc(CNC(=O)c2ccoc2)cc1. The van der Waals surface area contributed by atoms with Gasteiger partial charge in [-0.3, -0.25) is 4.79 Å². The Morgan fingerprint density at radius 3 is 2.77 bits per heavy atom. The third-order valence-corrected chi connectivity index (χ3v) is 3.48. The lowest BCUT2D eigenvalue weighted by atomic mass is 10.2. The third-order valence-electron chi connectivity index (χ3n) is 3.48. The first-order valence-electron chi connectivity index (χ1n) is 7.20. The Balaban J connectivity index is 1.66. The molecule has 5 nitrogen and oxygen atoms in total. The van der Waals surface area contributed by atoms with E-state index in [1.54, 1.807) is 12.3 Å². The van der Waals surface area contributed by atoms with E-state index in [9.17, 15) is 4.79 Å². The molecule has 1 N–H and O–H groups in total. The van der Waals surface area contributed by atoms with Crippen LogP contribution in [-0.2, 0) is 13.0 Å². The number of benzene rings is 1. The second-order valence-electron chi connectivity index (χ2n) is 4.93. The molecule has 5 heteroatoms. The average molecular weight is 295 g/mol. The predicted octanol–water partition coefficient (Wildman–Crippen LogP) is 2.96. The van der Waals surface area contributed by atoms with Gasteiger partial charge in [-0.05, 0) is 23.8 Å². The third kappa shape index (κ3) is 2.93. The number of rotatable bonds is 5. The molecule has 0 atom stereocenters. The van der Waals surface area contributed by atoms with Gasteiger partial charge in [-0.15, -0.1) is 0 Å². The van der Waals surface area contributed by atoms with Crippen LogP contribution in [0.15, 0.2) is 59.7 Å². The number of hydrogen-bond donors (Lipinski definition) is 1. The van der Waals surface area contributed by atoms with Crippen LogP contribution in [0, 0.1) is 0 Å². The van der Waals surface area contributed by atoms with Crippen molar-refractivity contribution in [3.63, 3.8) is 0 Å². The van der Waals surface area contributed by atoms with Gasteiger partial charge in [0.25, 0.3) is 5.91 Å². The lowest BCUT2D eigenvalue weighted by Gasteiger charge is -2.08. The highest BCUT2D eigenvalue weighted by Gasteiger charge is 2.07. The normalized spacial score (nSPS) is 10.6. The quantitative estimate of drug-likeness (QED) is 0.787. The molecule has 0 saturated carbocycles. The number of aromatic nitrogens is 2. The summed E-state index contributed by atoms with van der Waals surface area (Å²) in [7, 11) is 0. The highest BCUT2D eigenvalue weighted by atomic mass is 16.3. The maximum atomic E-state index is 11.8. The van der Waals surface area contributed by atoms with Crippen LogP contribution in [0.5, 0.6) is 0 Å². The molecule has 1 amide bonds. The Hall–Kier alpha value is -2.82. The molecule has 3 rings (SSSR count). The zero-order chi connectivity index (χ0) is 15.4. The average Bonchev–Trinajstić information content (AvgIpc) is 3.24. The van der Waals surface area contributed by atoms with Crippen molar-refractivity contribution in [1.82, 2.24) is 14.9 Å². The van der Waals surface area contributed by atoms with E-state index in [2.05, 4.69) is 21.8 Å². The van der Waals surface area contributed by atoms with Gasteiger partial charge in [0.15, 0.2) is 0 Å². The minimum Gasteiger partial charge on any atom is -0.472 e. The van der Waals surface area contributed by atoms with Crippen LogP contribution < -0.4 is 5.32 Å². The lowest BCUT2D eigenvalue weighted by Crippen LogP contribution is -2.22. The molecule has 0 aliphatic heterocycles. The number of furan rings is 1. The molecule has 0 aliphatic rings. The minimum absolute atomic E-state index is 0.138. The van der Waals surface area contributed by atoms with Gasteiger partial charge in [-0.25, -0.2) is 4.98 Å². The van der Waals surface area contributed by atoms with E-state index < -0.39 is 0 Å². The molecule has 0 unspecified atom stereocenters. The molecular formula is C17H17N3O2. The van der Waals surface area contributed by atoms with E-state index in [0.29, 0.717) is 12.1 Å². The molecule has 112 valence electrons. The molecule has 0 saturated heterocycles. The van der Waals surface area contributed by atoms with Crippen molar-refractivity contribution in [2.24, 2.45) is 0 Å². The number of carbonyl (C=O) groups is 1. The van der Waals surface area contributed by atoms with Gasteiger partial charge in [0.05, 0.1) is 11.8 Å². The van der Waals surface area contributed by atoms with Crippen molar-refractivity contribution >= 4 is 5.91 Å². The van der Waals surface area contributed by atoms with Gasteiger partial charge < -0.3 is 14.3 Å².